The summed E-state index contributed by atoms with van der Waals surface area (Å²) in [6.45, 7) is 2.55. The zero-order valence-corrected chi connectivity index (χ0v) is 15.5. The number of nitrogens with zero attached hydrogens (tertiary/aromatic N) is 2. The maximum atomic E-state index is 13.2. The first-order valence-electron chi connectivity index (χ1n) is 8.15. The van der Waals surface area contributed by atoms with E-state index < -0.39 is 0 Å². The van der Waals surface area contributed by atoms with E-state index in [1.54, 1.807) is 23.4 Å². The van der Waals surface area contributed by atoms with Crippen molar-refractivity contribution >= 4 is 23.4 Å². The van der Waals surface area contributed by atoms with Crippen LogP contribution in [0.5, 0.6) is 0 Å². The van der Waals surface area contributed by atoms with Crippen molar-refractivity contribution in [2.75, 3.05) is 19.5 Å². The maximum absolute atomic E-state index is 13.2. The lowest BCUT2D eigenvalue weighted by Gasteiger charge is -2.20. The summed E-state index contributed by atoms with van der Waals surface area (Å²) in [5.41, 5.74) is 3.57. The Morgan fingerprint density at radius 1 is 1.33 bits per heavy atom. The molecule has 1 aliphatic rings. The van der Waals surface area contributed by atoms with Crippen LogP contribution in [0.15, 0.2) is 28.2 Å². The largest absolute Gasteiger partial charge is 0.384 e. The fourth-order valence-electron chi connectivity index (χ4n) is 2.99. The van der Waals surface area contributed by atoms with Gasteiger partial charge in [0, 0.05) is 23.4 Å². The number of thioether (sulfide) groups is 1. The summed E-state index contributed by atoms with van der Waals surface area (Å²) in [6, 6.07) is 5.65. The molecule has 0 fully saturated rings. The zero-order chi connectivity index (χ0) is 17.1. The molecule has 0 unspecified atom stereocenters. The molecule has 24 heavy (non-hydrogen) atoms. The standard InChI is InChI=1S/C18H21ClN2O2S/c1-12-14(19)7-5-9-16(12)21-17(22)13-6-3-4-8-15(13)20-18(21)24-11-10-23-2/h5,7,9H,3-4,6,8,10-11H2,1-2H3. The Morgan fingerprint density at radius 2 is 2.12 bits per heavy atom. The van der Waals surface area contributed by atoms with Crippen molar-refractivity contribution in [3.05, 3.63) is 50.4 Å². The number of hydrogen-bond acceptors (Lipinski definition) is 4. The Hall–Kier alpha value is -1.30. The second kappa shape index (κ2) is 7.72. The van der Waals surface area contributed by atoms with Crippen LogP contribution >= 0.6 is 23.4 Å². The van der Waals surface area contributed by atoms with Crippen molar-refractivity contribution in [1.29, 1.82) is 0 Å². The zero-order valence-electron chi connectivity index (χ0n) is 14.0. The van der Waals surface area contributed by atoms with E-state index in [2.05, 4.69) is 0 Å². The van der Waals surface area contributed by atoms with Crippen LogP contribution in [0.2, 0.25) is 5.02 Å². The number of benzene rings is 1. The van der Waals surface area contributed by atoms with Gasteiger partial charge in [-0.3, -0.25) is 9.36 Å². The lowest BCUT2D eigenvalue weighted by Crippen LogP contribution is -2.29. The lowest BCUT2D eigenvalue weighted by atomic mass is 9.97. The fourth-order valence-corrected chi connectivity index (χ4v) is 4.08. The van der Waals surface area contributed by atoms with Gasteiger partial charge in [0.2, 0.25) is 0 Å². The fraction of sp³-hybridized carbons (Fsp3) is 0.444. The van der Waals surface area contributed by atoms with E-state index in [-0.39, 0.29) is 5.56 Å². The van der Waals surface area contributed by atoms with Crippen molar-refractivity contribution in [1.82, 2.24) is 9.55 Å². The molecule has 0 bridgehead atoms. The Balaban J connectivity index is 2.18. The van der Waals surface area contributed by atoms with Crippen LogP contribution in [0.1, 0.15) is 29.7 Å². The van der Waals surface area contributed by atoms with Crippen LogP contribution in [0.3, 0.4) is 0 Å². The third kappa shape index (κ3) is 3.39. The molecule has 0 atom stereocenters. The highest BCUT2D eigenvalue weighted by atomic mass is 35.5. The summed E-state index contributed by atoms with van der Waals surface area (Å²) in [5, 5.41) is 1.38. The normalized spacial score (nSPS) is 13.8. The summed E-state index contributed by atoms with van der Waals surface area (Å²) < 4.78 is 6.87. The third-order valence-electron chi connectivity index (χ3n) is 4.32. The molecule has 6 heteroatoms. The summed E-state index contributed by atoms with van der Waals surface area (Å²) in [7, 11) is 1.68. The molecule has 1 aliphatic carbocycles. The minimum Gasteiger partial charge on any atom is -0.384 e. The molecule has 1 aromatic carbocycles. The van der Waals surface area contributed by atoms with E-state index in [0.717, 1.165) is 59.1 Å². The van der Waals surface area contributed by atoms with Crippen LogP contribution in [0.4, 0.5) is 0 Å². The van der Waals surface area contributed by atoms with Gasteiger partial charge in [-0.05, 0) is 50.3 Å². The van der Waals surface area contributed by atoms with E-state index in [4.69, 9.17) is 21.3 Å². The first-order valence-corrected chi connectivity index (χ1v) is 9.52. The van der Waals surface area contributed by atoms with Crippen molar-refractivity contribution in [2.24, 2.45) is 0 Å². The topological polar surface area (TPSA) is 44.1 Å². The van der Waals surface area contributed by atoms with E-state index in [1.165, 1.54) is 0 Å². The molecule has 0 saturated carbocycles. The van der Waals surface area contributed by atoms with Gasteiger partial charge in [0.15, 0.2) is 5.16 Å². The summed E-state index contributed by atoms with van der Waals surface area (Å²) in [6.07, 6.45) is 3.85. The van der Waals surface area contributed by atoms with Crippen molar-refractivity contribution in [3.8, 4) is 5.69 Å². The van der Waals surface area contributed by atoms with Gasteiger partial charge in [0.05, 0.1) is 18.0 Å². The number of fused-ring (bicyclic) bond motifs is 1. The van der Waals surface area contributed by atoms with Crippen LogP contribution in [0.25, 0.3) is 5.69 Å². The van der Waals surface area contributed by atoms with Gasteiger partial charge >= 0.3 is 0 Å². The van der Waals surface area contributed by atoms with Gasteiger partial charge in [-0.1, -0.05) is 29.4 Å². The Labute approximate surface area is 151 Å². The molecule has 0 amide bonds. The molecule has 0 saturated heterocycles. The SMILES string of the molecule is COCCSc1nc2c(c(=O)n1-c1cccc(Cl)c1C)CCCC2. The molecule has 1 heterocycles. The first kappa shape index (κ1) is 17.5. The lowest BCUT2D eigenvalue weighted by molar-refractivity contribution is 0.218. The Kier molecular flexibility index (Phi) is 5.64. The van der Waals surface area contributed by atoms with E-state index in [9.17, 15) is 4.79 Å². The van der Waals surface area contributed by atoms with Crippen LogP contribution in [-0.4, -0.2) is 29.0 Å². The summed E-state index contributed by atoms with van der Waals surface area (Å²) >= 11 is 7.83. The van der Waals surface area contributed by atoms with Crippen molar-refractivity contribution < 1.29 is 4.74 Å². The smallest absolute Gasteiger partial charge is 0.262 e. The van der Waals surface area contributed by atoms with E-state index in [0.29, 0.717) is 11.6 Å². The average molecular weight is 365 g/mol. The average Bonchev–Trinajstić information content (AvgIpc) is 2.59. The molecule has 3 rings (SSSR count). The van der Waals surface area contributed by atoms with Gasteiger partial charge in [0.1, 0.15) is 0 Å². The van der Waals surface area contributed by atoms with Crippen molar-refractivity contribution in [3.63, 3.8) is 0 Å². The monoisotopic (exact) mass is 364 g/mol. The van der Waals surface area contributed by atoms with Gasteiger partial charge in [-0.2, -0.15) is 0 Å². The molecule has 1 aromatic heterocycles. The number of aryl methyl sites for hydroxylation is 1. The third-order valence-corrected chi connectivity index (χ3v) is 5.63. The predicted octanol–water partition coefficient (Wildman–Crippen LogP) is 3.81. The highest BCUT2D eigenvalue weighted by Gasteiger charge is 2.21. The molecule has 0 N–H and O–H groups in total. The van der Waals surface area contributed by atoms with Gasteiger partial charge in [-0.25, -0.2) is 4.98 Å². The number of aromatic nitrogens is 2. The second-order valence-electron chi connectivity index (χ2n) is 5.89. The van der Waals surface area contributed by atoms with Crippen molar-refractivity contribution in [2.45, 2.75) is 37.8 Å². The summed E-state index contributed by atoms with van der Waals surface area (Å²) in [4.78, 5) is 18.0. The molecule has 128 valence electrons. The number of hydrogen-bond donors (Lipinski definition) is 0. The Morgan fingerprint density at radius 3 is 2.92 bits per heavy atom. The van der Waals surface area contributed by atoms with Crippen LogP contribution < -0.4 is 5.56 Å². The number of ether oxygens (including phenoxy) is 1. The molecular formula is C18H21ClN2O2S. The molecule has 0 aliphatic heterocycles. The number of methoxy groups -OCH3 is 1. The minimum absolute atomic E-state index is 0.0463. The van der Waals surface area contributed by atoms with Crippen LogP contribution in [0, 0.1) is 6.92 Å². The molecule has 2 aromatic rings. The molecular weight excluding hydrogens is 344 g/mol. The maximum Gasteiger partial charge on any atom is 0.262 e. The molecule has 4 nitrogen and oxygen atoms in total. The summed E-state index contributed by atoms with van der Waals surface area (Å²) in [5.74, 6) is 0.751. The van der Waals surface area contributed by atoms with E-state index >= 15 is 0 Å². The Bertz CT molecular complexity index is 804. The van der Waals surface area contributed by atoms with Gasteiger partial charge in [0.25, 0.3) is 5.56 Å². The number of rotatable bonds is 5. The predicted molar refractivity (Wildman–Crippen MR) is 98.8 cm³/mol. The highest BCUT2D eigenvalue weighted by molar-refractivity contribution is 7.99. The highest BCUT2D eigenvalue weighted by Crippen LogP contribution is 2.27. The first-order chi connectivity index (χ1) is 11.6. The molecule has 0 spiro atoms. The van der Waals surface area contributed by atoms with Gasteiger partial charge in [-0.15, -0.1) is 0 Å². The molecule has 0 radical (unpaired) electrons. The number of halogens is 1. The quantitative estimate of drug-likeness (QED) is 0.459. The van der Waals surface area contributed by atoms with Crippen LogP contribution in [-0.2, 0) is 17.6 Å². The van der Waals surface area contributed by atoms with Gasteiger partial charge < -0.3 is 4.74 Å². The van der Waals surface area contributed by atoms with E-state index in [1.807, 2.05) is 25.1 Å². The second-order valence-corrected chi connectivity index (χ2v) is 7.36. The minimum atomic E-state index is 0.0463.